The standard InChI is InChI=1S/C17H23N3O3S/c21-24(22,20-12-3-1-2-4-13-20)19-11-14-23-16-9-5-7-15-8-6-10-18-17(15)16/h5-10,19H,1-4,11-14H2. The van der Waals surface area contributed by atoms with Crippen LogP contribution in [0.1, 0.15) is 25.7 Å². The van der Waals surface area contributed by atoms with Gasteiger partial charge in [-0.1, -0.05) is 31.0 Å². The van der Waals surface area contributed by atoms with Crippen molar-refractivity contribution in [2.45, 2.75) is 25.7 Å². The summed E-state index contributed by atoms with van der Waals surface area (Å²) < 4.78 is 34.5. The number of ether oxygens (including phenoxy) is 1. The zero-order valence-corrected chi connectivity index (χ0v) is 14.5. The first-order valence-electron chi connectivity index (χ1n) is 8.38. The molecule has 1 N–H and O–H groups in total. The molecule has 0 bridgehead atoms. The highest BCUT2D eigenvalue weighted by Gasteiger charge is 2.22. The molecular formula is C17H23N3O3S. The highest BCUT2D eigenvalue weighted by molar-refractivity contribution is 7.87. The van der Waals surface area contributed by atoms with E-state index in [1.54, 1.807) is 10.5 Å². The molecule has 0 atom stereocenters. The molecular weight excluding hydrogens is 326 g/mol. The van der Waals surface area contributed by atoms with Gasteiger partial charge in [0, 0.05) is 31.2 Å². The molecule has 0 spiro atoms. The minimum Gasteiger partial charge on any atom is -0.490 e. The van der Waals surface area contributed by atoms with Gasteiger partial charge in [0.25, 0.3) is 10.2 Å². The van der Waals surface area contributed by atoms with Crippen LogP contribution in [0.2, 0.25) is 0 Å². The second-order valence-electron chi connectivity index (χ2n) is 5.89. The third-order valence-electron chi connectivity index (χ3n) is 4.14. The van der Waals surface area contributed by atoms with Gasteiger partial charge >= 0.3 is 0 Å². The van der Waals surface area contributed by atoms with Gasteiger partial charge in [-0.05, 0) is 25.0 Å². The van der Waals surface area contributed by atoms with Gasteiger partial charge in [0.1, 0.15) is 17.9 Å². The van der Waals surface area contributed by atoms with Crippen LogP contribution in [0, 0.1) is 0 Å². The Morgan fingerprint density at radius 3 is 2.62 bits per heavy atom. The van der Waals surface area contributed by atoms with Gasteiger partial charge in [0.05, 0.1) is 0 Å². The summed E-state index contributed by atoms with van der Waals surface area (Å²) in [5.41, 5.74) is 0.787. The number of nitrogens with one attached hydrogen (secondary N) is 1. The molecule has 0 saturated carbocycles. The summed E-state index contributed by atoms with van der Waals surface area (Å²) in [4.78, 5) is 4.32. The molecule has 24 heavy (non-hydrogen) atoms. The molecule has 130 valence electrons. The van der Waals surface area contributed by atoms with Crippen molar-refractivity contribution in [1.29, 1.82) is 0 Å². The van der Waals surface area contributed by atoms with E-state index in [9.17, 15) is 8.42 Å². The van der Waals surface area contributed by atoms with Crippen LogP contribution < -0.4 is 9.46 Å². The van der Waals surface area contributed by atoms with E-state index in [1.165, 1.54) is 0 Å². The van der Waals surface area contributed by atoms with Crippen molar-refractivity contribution < 1.29 is 13.2 Å². The summed E-state index contributed by atoms with van der Waals surface area (Å²) >= 11 is 0. The molecule has 1 aliphatic heterocycles. The Kier molecular flexibility index (Phi) is 5.65. The van der Waals surface area contributed by atoms with Crippen molar-refractivity contribution in [3.63, 3.8) is 0 Å². The molecule has 2 aromatic rings. The second kappa shape index (κ2) is 7.92. The molecule has 2 heterocycles. The van der Waals surface area contributed by atoms with Gasteiger partial charge in [0.15, 0.2) is 0 Å². The van der Waals surface area contributed by atoms with E-state index in [2.05, 4.69) is 9.71 Å². The molecule has 0 aliphatic carbocycles. The van der Waals surface area contributed by atoms with Crippen LogP contribution in [0.4, 0.5) is 0 Å². The fraction of sp³-hybridized carbons (Fsp3) is 0.471. The number of aromatic nitrogens is 1. The minimum atomic E-state index is -3.42. The highest BCUT2D eigenvalue weighted by atomic mass is 32.2. The van der Waals surface area contributed by atoms with Gasteiger partial charge in [-0.2, -0.15) is 17.4 Å². The van der Waals surface area contributed by atoms with E-state index in [4.69, 9.17) is 4.74 Å². The first-order valence-corrected chi connectivity index (χ1v) is 9.82. The maximum absolute atomic E-state index is 12.3. The van der Waals surface area contributed by atoms with Crippen molar-refractivity contribution in [2.24, 2.45) is 0 Å². The Labute approximate surface area is 143 Å². The summed E-state index contributed by atoms with van der Waals surface area (Å²) in [6.07, 6.45) is 5.78. The Morgan fingerprint density at radius 1 is 1.08 bits per heavy atom. The lowest BCUT2D eigenvalue weighted by Crippen LogP contribution is -2.42. The largest absolute Gasteiger partial charge is 0.490 e. The zero-order valence-electron chi connectivity index (χ0n) is 13.6. The first-order chi connectivity index (χ1) is 11.7. The summed E-state index contributed by atoms with van der Waals surface area (Å²) in [7, 11) is -3.42. The number of rotatable bonds is 6. The SMILES string of the molecule is O=S(=O)(NCCOc1cccc2cccnc12)N1CCCCCC1. The molecule has 6 nitrogen and oxygen atoms in total. The van der Waals surface area contributed by atoms with E-state index in [-0.39, 0.29) is 13.2 Å². The fourth-order valence-corrected chi connectivity index (χ4v) is 4.16. The van der Waals surface area contributed by atoms with E-state index in [0.717, 1.165) is 36.6 Å². The summed E-state index contributed by atoms with van der Waals surface area (Å²) in [5, 5.41) is 1.00. The number of pyridine rings is 1. The summed E-state index contributed by atoms with van der Waals surface area (Å²) in [5.74, 6) is 0.669. The predicted molar refractivity (Wildman–Crippen MR) is 94.2 cm³/mol. The number of para-hydroxylation sites is 1. The van der Waals surface area contributed by atoms with Gasteiger partial charge in [-0.25, -0.2) is 0 Å². The maximum Gasteiger partial charge on any atom is 0.279 e. The Bertz CT molecular complexity index is 766. The minimum absolute atomic E-state index is 0.238. The smallest absolute Gasteiger partial charge is 0.279 e. The molecule has 0 amide bonds. The van der Waals surface area contributed by atoms with Crippen LogP contribution >= 0.6 is 0 Å². The molecule has 1 aromatic heterocycles. The Balaban J connectivity index is 1.54. The van der Waals surface area contributed by atoms with E-state index < -0.39 is 10.2 Å². The first kappa shape index (κ1) is 17.1. The quantitative estimate of drug-likeness (QED) is 0.813. The molecule has 1 saturated heterocycles. The van der Waals surface area contributed by atoms with Crippen LogP contribution in [0.15, 0.2) is 36.5 Å². The lowest BCUT2D eigenvalue weighted by Gasteiger charge is -2.20. The molecule has 1 fully saturated rings. The van der Waals surface area contributed by atoms with Crippen molar-refractivity contribution in [2.75, 3.05) is 26.2 Å². The van der Waals surface area contributed by atoms with E-state index in [1.807, 2.05) is 30.3 Å². The second-order valence-corrected chi connectivity index (χ2v) is 7.65. The molecule has 7 heteroatoms. The summed E-state index contributed by atoms with van der Waals surface area (Å²) in [6, 6.07) is 9.56. The van der Waals surface area contributed by atoms with Gasteiger partial charge in [-0.3, -0.25) is 4.98 Å². The number of hydrogen-bond acceptors (Lipinski definition) is 4. The molecule has 1 aromatic carbocycles. The maximum atomic E-state index is 12.3. The van der Waals surface area contributed by atoms with Gasteiger partial charge < -0.3 is 4.74 Å². The van der Waals surface area contributed by atoms with Crippen LogP contribution in [0.5, 0.6) is 5.75 Å². The fourth-order valence-electron chi connectivity index (χ4n) is 2.90. The lowest BCUT2D eigenvalue weighted by atomic mass is 10.2. The topological polar surface area (TPSA) is 71.5 Å². The van der Waals surface area contributed by atoms with Crippen molar-refractivity contribution in [3.05, 3.63) is 36.5 Å². The lowest BCUT2D eigenvalue weighted by molar-refractivity contribution is 0.322. The van der Waals surface area contributed by atoms with Gasteiger partial charge in [-0.15, -0.1) is 0 Å². The van der Waals surface area contributed by atoms with Crippen LogP contribution in [0.3, 0.4) is 0 Å². The number of nitrogens with zero attached hydrogens (tertiary/aromatic N) is 2. The number of hydrogen-bond donors (Lipinski definition) is 1. The highest BCUT2D eigenvalue weighted by Crippen LogP contribution is 2.22. The van der Waals surface area contributed by atoms with Crippen LogP contribution in [0.25, 0.3) is 10.9 Å². The predicted octanol–water partition coefficient (Wildman–Crippen LogP) is 2.32. The molecule has 0 unspecified atom stereocenters. The van der Waals surface area contributed by atoms with Gasteiger partial charge in [0.2, 0.25) is 0 Å². The Morgan fingerprint density at radius 2 is 1.83 bits per heavy atom. The van der Waals surface area contributed by atoms with E-state index >= 15 is 0 Å². The average molecular weight is 349 g/mol. The number of fused-ring (bicyclic) bond motifs is 1. The average Bonchev–Trinajstić information content (AvgIpc) is 2.89. The van der Waals surface area contributed by atoms with Crippen molar-refractivity contribution in [3.8, 4) is 5.75 Å². The number of benzene rings is 1. The van der Waals surface area contributed by atoms with Crippen LogP contribution in [-0.4, -0.2) is 43.9 Å². The molecule has 1 aliphatic rings. The Hall–Kier alpha value is -1.70. The third kappa shape index (κ3) is 4.23. The van der Waals surface area contributed by atoms with Crippen LogP contribution in [-0.2, 0) is 10.2 Å². The monoisotopic (exact) mass is 349 g/mol. The molecule has 0 radical (unpaired) electrons. The summed E-state index contributed by atoms with van der Waals surface area (Å²) in [6.45, 7) is 1.71. The van der Waals surface area contributed by atoms with Crippen molar-refractivity contribution >= 4 is 21.1 Å². The molecule has 3 rings (SSSR count). The van der Waals surface area contributed by atoms with E-state index in [0.29, 0.717) is 18.8 Å². The third-order valence-corrected chi connectivity index (χ3v) is 5.76. The zero-order chi connectivity index (χ0) is 16.8. The van der Waals surface area contributed by atoms with Crippen molar-refractivity contribution in [1.82, 2.24) is 14.0 Å². The normalized spacial score (nSPS) is 16.8.